The SMILES string of the molecule is N[C@@H]1CN(Cc2cn[nH]c2-c2ccc3c(c2)OCO3)C[C@H]1c1ccccc1. The third-order valence-corrected chi connectivity index (χ3v) is 5.44. The molecule has 1 fully saturated rings. The second kappa shape index (κ2) is 6.72. The molecule has 3 heterocycles. The average Bonchev–Trinajstić information content (AvgIpc) is 3.42. The molecule has 3 N–H and O–H groups in total. The molecule has 3 aromatic rings. The number of hydrogen-bond acceptors (Lipinski definition) is 5. The van der Waals surface area contributed by atoms with Crippen molar-refractivity contribution in [1.29, 1.82) is 0 Å². The summed E-state index contributed by atoms with van der Waals surface area (Å²) in [4.78, 5) is 2.41. The van der Waals surface area contributed by atoms with Gasteiger partial charge in [-0.05, 0) is 23.8 Å². The molecule has 27 heavy (non-hydrogen) atoms. The topological polar surface area (TPSA) is 76.4 Å². The number of nitrogens with two attached hydrogens (primary N) is 1. The van der Waals surface area contributed by atoms with Crippen LogP contribution in [0.25, 0.3) is 11.3 Å². The first kappa shape index (κ1) is 16.4. The average molecular weight is 362 g/mol. The summed E-state index contributed by atoms with van der Waals surface area (Å²) in [6, 6.07) is 16.7. The van der Waals surface area contributed by atoms with Crippen molar-refractivity contribution in [2.24, 2.45) is 5.73 Å². The Morgan fingerprint density at radius 2 is 1.93 bits per heavy atom. The van der Waals surface area contributed by atoms with E-state index in [0.717, 1.165) is 48.0 Å². The van der Waals surface area contributed by atoms with Gasteiger partial charge in [0.05, 0.1) is 11.9 Å². The lowest BCUT2D eigenvalue weighted by Crippen LogP contribution is -2.28. The van der Waals surface area contributed by atoms with Gasteiger partial charge in [-0.3, -0.25) is 10.00 Å². The van der Waals surface area contributed by atoms with Crippen molar-refractivity contribution in [3.63, 3.8) is 0 Å². The Labute approximate surface area is 157 Å². The van der Waals surface area contributed by atoms with Gasteiger partial charge in [0.1, 0.15) is 0 Å². The van der Waals surface area contributed by atoms with Gasteiger partial charge >= 0.3 is 0 Å². The summed E-state index contributed by atoms with van der Waals surface area (Å²) in [7, 11) is 0. The highest BCUT2D eigenvalue weighted by Crippen LogP contribution is 2.36. The molecule has 1 aromatic heterocycles. The summed E-state index contributed by atoms with van der Waals surface area (Å²) < 4.78 is 10.9. The maximum Gasteiger partial charge on any atom is 0.231 e. The second-order valence-electron chi connectivity index (χ2n) is 7.21. The quantitative estimate of drug-likeness (QED) is 0.746. The lowest BCUT2D eigenvalue weighted by molar-refractivity contribution is 0.174. The van der Waals surface area contributed by atoms with Crippen LogP contribution in [0.5, 0.6) is 11.5 Å². The van der Waals surface area contributed by atoms with Crippen molar-refractivity contribution in [1.82, 2.24) is 15.1 Å². The van der Waals surface area contributed by atoms with Crippen LogP contribution in [-0.4, -0.2) is 41.0 Å². The van der Waals surface area contributed by atoms with E-state index < -0.39 is 0 Å². The Morgan fingerprint density at radius 3 is 2.81 bits per heavy atom. The molecule has 6 nitrogen and oxygen atoms in total. The second-order valence-corrected chi connectivity index (χ2v) is 7.21. The summed E-state index contributed by atoms with van der Waals surface area (Å²) in [5, 5.41) is 7.41. The van der Waals surface area contributed by atoms with Crippen LogP contribution in [0.15, 0.2) is 54.7 Å². The van der Waals surface area contributed by atoms with Gasteiger partial charge in [-0.15, -0.1) is 0 Å². The van der Waals surface area contributed by atoms with Gasteiger partial charge in [-0.25, -0.2) is 0 Å². The summed E-state index contributed by atoms with van der Waals surface area (Å²) in [6.45, 7) is 2.93. The number of hydrogen-bond donors (Lipinski definition) is 2. The van der Waals surface area contributed by atoms with Crippen LogP contribution in [0.2, 0.25) is 0 Å². The molecule has 0 bridgehead atoms. The number of rotatable bonds is 4. The molecule has 0 saturated carbocycles. The van der Waals surface area contributed by atoms with E-state index in [1.54, 1.807) is 0 Å². The smallest absolute Gasteiger partial charge is 0.231 e. The van der Waals surface area contributed by atoms with E-state index in [4.69, 9.17) is 15.2 Å². The van der Waals surface area contributed by atoms with Gasteiger partial charge in [0.25, 0.3) is 0 Å². The van der Waals surface area contributed by atoms with E-state index in [9.17, 15) is 0 Å². The lowest BCUT2D eigenvalue weighted by atomic mass is 9.95. The normalized spacial score (nSPS) is 21.7. The molecule has 1 saturated heterocycles. The Bertz CT molecular complexity index is 940. The van der Waals surface area contributed by atoms with E-state index in [-0.39, 0.29) is 12.8 Å². The minimum Gasteiger partial charge on any atom is -0.454 e. The maximum atomic E-state index is 6.45. The molecular weight excluding hydrogens is 340 g/mol. The molecular formula is C21H22N4O2. The van der Waals surface area contributed by atoms with Crippen LogP contribution >= 0.6 is 0 Å². The zero-order valence-electron chi connectivity index (χ0n) is 15.0. The molecule has 0 radical (unpaired) electrons. The highest BCUT2D eigenvalue weighted by atomic mass is 16.7. The van der Waals surface area contributed by atoms with Gasteiger partial charge < -0.3 is 15.2 Å². The standard InChI is InChI=1S/C21H22N4O2/c22-18-12-25(11-17(18)14-4-2-1-3-5-14)10-16-9-23-24-21(16)15-6-7-19-20(8-15)27-13-26-19/h1-9,17-18H,10-13,22H2,(H,23,24)/t17-,18+/m0/s1. The monoisotopic (exact) mass is 362 g/mol. The number of nitrogens with zero attached hydrogens (tertiary/aromatic N) is 2. The number of H-pyrrole nitrogens is 1. The Morgan fingerprint density at radius 1 is 1.07 bits per heavy atom. The molecule has 0 amide bonds. The van der Waals surface area contributed by atoms with Crippen LogP contribution in [0.4, 0.5) is 0 Å². The van der Waals surface area contributed by atoms with Gasteiger partial charge in [-0.2, -0.15) is 5.10 Å². The van der Waals surface area contributed by atoms with E-state index in [1.807, 2.05) is 30.5 Å². The van der Waals surface area contributed by atoms with Gasteiger partial charge in [-0.1, -0.05) is 30.3 Å². The third-order valence-electron chi connectivity index (χ3n) is 5.44. The van der Waals surface area contributed by atoms with Crippen LogP contribution in [-0.2, 0) is 6.54 Å². The number of aromatic nitrogens is 2. The van der Waals surface area contributed by atoms with Crippen LogP contribution in [0.3, 0.4) is 0 Å². The Kier molecular flexibility index (Phi) is 4.07. The van der Waals surface area contributed by atoms with Gasteiger partial charge in [0, 0.05) is 42.7 Å². The van der Waals surface area contributed by atoms with E-state index in [0.29, 0.717) is 5.92 Å². The molecule has 6 heteroatoms. The first-order valence-electron chi connectivity index (χ1n) is 9.23. The number of fused-ring (bicyclic) bond motifs is 1. The van der Waals surface area contributed by atoms with Gasteiger partial charge in [0.15, 0.2) is 11.5 Å². The molecule has 0 aliphatic carbocycles. The highest BCUT2D eigenvalue weighted by molar-refractivity contribution is 5.67. The summed E-state index contributed by atoms with van der Waals surface area (Å²) in [5.74, 6) is 1.93. The van der Waals surface area contributed by atoms with Crippen LogP contribution in [0, 0.1) is 0 Å². The van der Waals surface area contributed by atoms with E-state index >= 15 is 0 Å². The van der Waals surface area contributed by atoms with Crippen LogP contribution < -0.4 is 15.2 Å². The first-order chi connectivity index (χ1) is 13.3. The van der Waals surface area contributed by atoms with Crippen LogP contribution in [0.1, 0.15) is 17.0 Å². The van der Waals surface area contributed by atoms with Crippen molar-refractivity contribution in [3.05, 3.63) is 65.9 Å². The molecule has 138 valence electrons. The van der Waals surface area contributed by atoms with E-state index in [2.05, 4.69) is 39.4 Å². The predicted molar refractivity (Wildman–Crippen MR) is 103 cm³/mol. The summed E-state index contributed by atoms with van der Waals surface area (Å²) >= 11 is 0. The zero-order chi connectivity index (χ0) is 18.2. The zero-order valence-corrected chi connectivity index (χ0v) is 15.0. The molecule has 2 aromatic carbocycles. The summed E-state index contributed by atoms with van der Waals surface area (Å²) in [6.07, 6.45) is 1.90. The maximum absolute atomic E-state index is 6.45. The van der Waals surface area contributed by atoms with Crippen molar-refractivity contribution in [2.45, 2.75) is 18.5 Å². The molecule has 2 aliphatic heterocycles. The van der Waals surface area contributed by atoms with Crippen molar-refractivity contribution >= 4 is 0 Å². The predicted octanol–water partition coefficient (Wildman–Crippen LogP) is 2.73. The number of likely N-dealkylation sites (tertiary alicyclic amines) is 1. The van der Waals surface area contributed by atoms with E-state index in [1.165, 1.54) is 5.56 Å². The highest BCUT2D eigenvalue weighted by Gasteiger charge is 2.31. The first-order valence-corrected chi connectivity index (χ1v) is 9.23. The largest absolute Gasteiger partial charge is 0.454 e. The van der Waals surface area contributed by atoms with Crippen molar-refractivity contribution < 1.29 is 9.47 Å². The number of aromatic amines is 1. The fourth-order valence-electron chi connectivity index (χ4n) is 4.07. The minimum absolute atomic E-state index is 0.147. The molecule has 2 aliphatic rings. The molecule has 0 spiro atoms. The molecule has 0 unspecified atom stereocenters. The van der Waals surface area contributed by atoms with Gasteiger partial charge in [0.2, 0.25) is 6.79 Å². The fourth-order valence-corrected chi connectivity index (χ4v) is 4.07. The minimum atomic E-state index is 0.147. The lowest BCUT2D eigenvalue weighted by Gasteiger charge is -2.16. The Hall–Kier alpha value is -2.83. The third kappa shape index (κ3) is 3.07. The van der Waals surface area contributed by atoms with Crippen molar-refractivity contribution in [3.8, 4) is 22.8 Å². The number of benzene rings is 2. The number of nitrogens with one attached hydrogen (secondary N) is 1. The molecule has 5 rings (SSSR count). The Balaban J connectivity index is 1.35. The fraction of sp³-hybridized carbons (Fsp3) is 0.286. The van der Waals surface area contributed by atoms with Crippen molar-refractivity contribution in [2.75, 3.05) is 19.9 Å². The number of ether oxygens (including phenoxy) is 2. The summed E-state index contributed by atoms with van der Waals surface area (Å²) in [5.41, 5.74) is 11.0. The molecule has 2 atom stereocenters.